The summed E-state index contributed by atoms with van der Waals surface area (Å²) in [6.45, 7) is 1.17. The number of aromatic nitrogens is 2. The first kappa shape index (κ1) is 12.1. The zero-order chi connectivity index (χ0) is 13.5. The highest BCUT2D eigenvalue weighted by Gasteiger charge is 2.36. The zero-order valence-corrected chi connectivity index (χ0v) is 12.1. The van der Waals surface area contributed by atoms with Crippen molar-refractivity contribution >= 4 is 22.4 Å². The number of nitrogens with two attached hydrogens (primary N) is 1. The number of anilines is 2. The van der Waals surface area contributed by atoms with Crippen molar-refractivity contribution in [2.75, 3.05) is 17.2 Å². The number of pyridine rings is 1. The van der Waals surface area contributed by atoms with Crippen LogP contribution in [0.1, 0.15) is 25.7 Å². The fraction of sp³-hybridized carbons (Fsp3) is 0.467. The van der Waals surface area contributed by atoms with E-state index in [0.717, 1.165) is 17.0 Å². The quantitative estimate of drug-likeness (QED) is 0.917. The third-order valence-corrected chi connectivity index (χ3v) is 4.97. The largest absolute Gasteiger partial charge is 0.382 e. The Morgan fingerprint density at radius 2 is 1.95 bits per heavy atom. The summed E-state index contributed by atoms with van der Waals surface area (Å²) < 4.78 is 4.41. The molecular weight excluding hydrogens is 268 g/mol. The molecule has 0 atom stereocenters. The molecule has 2 aromatic heterocycles. The molecule has 0 aromatic carbocycles. The van der Waals surface area contributed by atoms with Gasteiger partial charge in [-0.1, -0.05) is 0 Å². The molecule has 2 fully saturated rings. The predicted octanol–water partition coefficient (Wildman–Crippen LogP) is 3.17. The van der Waals surface area contributed by atoms with Gasteiger partial charge in [0.15, 0.2) is 0 Å². The molecule has 0 amide bonds. The van der Waals surface area contributed by atoms with Crippen molar-refractivity contribution < 1.29 is 0 Å². The highest BCUT2D eigenvalue weighted by atomic mass is 32.1. The molecule has 2 aliphatic rings. The lowest BCUT2D eigenvalue weighted by atomic mass is 10.1. The van der Waals surface area contributed by atoms with E-state index in [1.165, 1.54) is 37.2 Å². The Morgan fingerprint density at radius 3 is 2.60 bits per heavy atom. The van der Waals surface area contributed by atoms with Gasteiger partial charge in [-0.3, -0.25) is 4.98 Å². The summed E-state index contributed by atoms with van der Waals surface area (Å²) in [6.07, 6.45) is 9.00. The van der Waals surface area contributed by atoms with E-state index in [9.17, 15) is 0 Å². The molecule has 20 heavy (non-hydrogen) atoms. The standard InChI is InChI=1S/C15H18N4S/c16-14-13(11-5-7-17-8-6-11)15(20-18-14)19(12-3-4-12)9-10-1-2-10/h5-8,10,12H,1-4,9H2,(H2,16,18). The number of hydrogen-bond donors (Lipinski definition) is 1. The van der Waals surface area contributed by atoms with Crippen molar-refractivity contribution in [3.05, 3.63) is 24.5 Å². The lowest BCUT2D eigenvalue weighted by Crippen LogP contribution is -2.27. The topological polar surface area (TPSA) is 55.0 Å². The second-order valence-corrected chi connectivity index (χ2v) is 6.56. The SMILES string of the molecule is Nc1nsc(N(CC2CC2)C2CC2)c1-c1ccncc1. The Balaban J connectivity index is 1.73. The fourth-order valence-corrected chi connectivity index (χ4v) is 3.56. The average Bonchev–Trinajstić information content (AvgIpc) is 3.36. The zero-order valence-electron chi connectivity index (χ0n) is 11.3. The molecule has 0 bridgehead atoms. The second kappa shape index (κ2) is 4.74. The predicted molar refractivity (Wildman–Crippen MR) is 82.8 cm³/mol. The first-order chi connectivity index (χ1) is 9.83. The Labute approximate surface area is 122 Å². The molecule has 2 aromatic rings. The number of nitrogens with zero attached hydrogens (tertiary/aromatic N) is 3. The van der Waals surface area contributed by atoms with Crippen LogP contribution in [0.2, 0.25) is 0 Å². The van der Waals surface area contributed by atoms with Crippen molar-refractivity contribution in [2.24, 2.45) is 5.92 Å². The molecule has 4 rings (SSSR count). The van der Waals surface area contributed by atoms with E-state index >= 15 is 0 Å². The first-order valence-corrected chi connectivity index (χ1v) is 8.02. The van der Waals surface area contributed by atoms with E-state index in [-0.39, 0.29) is 0 Å². The van der Waals surface area contributed by atoms with Crippen molar-refractivity contribution in [3.8, 4) is 11.1 Å². The van der Waals surface area contributed by atoms with Gasteiger partial charge in [0.2, 0.25) is 0 Å². The summed E-state index contributed by atoms with van der Waals surface area (Å²) in [4.78, 5) is 6.65. The van der Waals surface area contributed by atoms with Crippen LogP contribution in [0, 0.1) is 5.92 Å². The molecule has 5 heteroatoms. The monoisotopic (exact) mass is 286 g/mol. The van der Waals surface area contributed by atoms with E-state index < -0.39 is 0 Å². The van der Waals surface area contributed by atoms with Gasteiger partial charge in [-0.25, -0.2) is 0 Å². The van der Waals surface area contributed by atoms with E-state index in [1.807, 2.05) is 24.5 Å². The van der Waals surface area contributed by atoms with E-state index in [2.05, 4.69) is 14.3 Å². The summed E-state index contributed by atoms with van der Waals surface area (Å²) in [5.74, 6) is 1.53. The van der Waals surface area contributed by atoms with Crippen LogP contribution in [-0.4, -0.2) is 21.9 Å². The number of nitrogen functional groups attached to an aromatic ring is 1. The van der Waals surface area contributed by atoms with Crippen LogP contribution in [0.3, 0.4) is 0 Å². The van der Waals surface area contributed by atoms with Crippen LogP contribution in [0.15, 0.2) is 24.5 Å². The Kier molecular flexibility index (Phi) is 2.88. The summed E-state index contributed by atoms with van der Waals surface area (Å²) >= 11 is 1.55. The van der Waals surface area contributed by atoms with Crippen molar-refractivity contribution in [2.45, 2.75) is 31.7 Å². The van der Waals surface area contributed by atoms with E-state index in [4.69, 9.17) is 5.73 Å². The Morgan fingerprint density at radius 1 is 1.20 bits per heavy atom. The molecule has 104 valence electrons. The van der Waals surface area contributed by atoms with Crippen molar-refractivity contribution in [1.29, 1.82) is 0 Å². The molecule has 0 aliphatic heterocycles. The van der Waals surface area contributed by atoms with Gasteiger partial charge in [0, 0.05) is 25.0 Å². The normalized spacial score (nSPS) is 18.2. The summed E-state index contributed by atoms with van der Waals surface area (Å²) in [7, 11) is 0. The molecule has 0 radical (unpaired) electrons. The lowest BCUT2D eigenvalue weighted by molar-refractivity contribution is 0.725. The van der Waals surface area contributed by atoms with Crippen LogP contribution in [0.5, 0.6) is 0 Å². The Hall–Kier alpha value is -1.62. The molecule has 2 N–H and O–H groups in total. The smallest absolute Gasteiger partial charge is 0.147 e. The van der Waals surface area contributed by atoms with Crippen LogP contribution >= 0.6 is 11.5 Å². The minimum Gasteiger partial charge on any atom is -0.382 e. The van der Waals surface area contributed by atoms with Gasteiger partial charge in [-0.15, -0.1) is 0 Å². The van der Waals surface area contributed by atoms with Crippen molar-refractivity contribution in [1.82, 2.24) is 9.36 Å². The molecule has 2 saturated carbocycles. The molecule has 0 unspecified atom stereocenters. The van der Waals surface area contributed by atoms with Crippen LogP contribution < -0.4 is 10.6 Å². The van der Waals surface area contributed by atoms with E-state index in [0.29, 0.717) is 11.9 Å². The third-order valence-electron chi connectivity index (χ3n) is 4.07. The van der Waals surface area contributed by atoms with Gasteiger partial charge >= 0.3 is 0 Å². The van der Waals surface area contributed by atoms with Crippen LogP contribution in [0.4, 0.5) is 10.8 Å². The van der Waals surface area contributed by atoms with Gasteiger partial charge in [-0.05, 0) is 60.8 Å². The molecule has 2 aliphatic carbocycles. The third kappa shape index (κ3) is 2.26. The summed E-state index contributed by atoms with van der Waals surface area (Å²) in [6, 6.07) is 4.74. The fourth-order valence-electron chi connectivity index (χ4n) is 2.64. The average molecular weight is 286 g/mol. The molecule has 0 spiro atoms. The molecule has 0 saturated heterocycles. The highest BCUT2D eigenvalue weighted by molar-refractivity contribution is 7.11. The van der Waals surface area contributed by atoms with Crippen LogP contribution in [-0.2, 0) is 0 Å². The minimum absolute atomic E-state index is 0.651. The molecular formula is C15H18N4S. The maximum atomic E-state index is 6.13. The molecule has 4 nitrogen and oxygen atoms in total. The van der Waals surface area contributed by atoms with Gasteiger partial charge in [0.05, 0.1) is 5.56 Å². The number of hydrogen-bond acceptors (Lipinski definition) is 5. The minimum atomic E-state index is 0.651. The van der Waals surface area contributed by atoms with E-state index in [1.54, 1.807) is 11.5 Å². The second-order valence-electron chi connectivity index (χ2n) is 5.81. The van der Waals surface area contributed by atoms with Crippen molar-refractivity contribution in [3.63, 3.8) is 0 Å². The lowest BCUT2D eigenvalue weighted by Gasteiger charge is -2.24. The maximum Gasteiger partial charge on any atom is 0.147 e. The highest BCUT2D eigenvalue weighted by Crippen LogP contribution is 2.45. The Bertz CT molecular complexity index is 602. The van der Waals surface area contributed by atoms with Gasteiger partial charge < -0.3 is 10.6 Å². The van der Waals surface area contributed by atoms with Gasteiger partial charge in [0.25, 0.3) is 0 Å². The first-order valence-electron chi connectivity index (χ1n) is 7.25. The van der Waals surface area contributed by atoms with Gasteiger partial charge in [0.1, 0.15) is 10.8 Å². The summed E-state index contributed by atoms with van der Waals surface area (Å²) in [5.41, 5.74) is 8.36. The molecule has 2 heterocycles. The van der Waals surface area contributed by atoms with Crippen LogP contribution in [0.25, 0.3) is 11.1 Å². The maximum absolute atomic E-state index is 6.13. The summed E-state index contributed by atoms with van der Waals surface area (Å²) in [5, 5.41) is 1.25. The number of rotatable bonds is 5. The van der Waals surface area contributed by atoms with Gasteiger partial charge in [-0.2, -0.15) is 4.37 Å².